The van der Waals surface area contributed by atoms with Gasteiger partial charge in [-0.25, -0.2) is 0 Å². The highest BCUT2D eigenvalue weighted by atomic mass is 32.1. The van der Waals surface area contributed by atoms with Crippen molar-refractivity contribution in [1.82, 2.24) is 5.32 Å². The number of nitrogens with two attached hydrogens (primary N) is 1. The number of nitrogens with zero attached hydrogens (tertiary/aromatic N) is 1. The van der Waals surface area contributed by atoms with E-state index >= 15 is 0 Å². The van der Waals surface area contributed by atoms with E-state index in [0.29, 0.717) is 10.6 Å². The Labute approximate surface area is 103 Å². The van der Waals surface area contributed by atoms with E-state index in [2.05, 4.69) is 10.5 Å². The van der Waals surface area contributed by atoms with Crippen LogP contribution in [-0.2, 0) is 0 Å². The number of amidine groups is 1. The molecule has 1 heterocycles. The van der Waals surface area contributed by atoms with E-state index < -0.39 is 0 Å². The molecular formula is C10H15N3O3S. The fourth-order valence-electron chi connectivity index (χ4n) is 1.32. The summed E-state index contributed by atoms with van der Waals surface area (Å²) in [6.45, 7) is 1.77. The topological polar surface area (TPSA) is 96.9 Å². The van der Waals surface area contributed by atoms with Crippen molar-refractivity contribution >= 4 is 23.1 Å². The van der Waals surface area contributed by atoms with Gasteiger partial charge >= 0.3 is 0 Å². The first-order valence-electron chi connectivity index (χ1n) is 4.97. The van der Waals surface area contributed by atoms with Crippen molar-refractivity contribution in [2.75, 3.05) is 7.11 Å². The summed E-state index contributed by atoms with van der Waals surface area (Å²) < 4.78 is 5.05. The van der Waals surface area contributed by atoms with Crippen LogP contribution in [0.15, 0.2) is 16.6 Å². The number of hydrogen-bond acceptors (Lipinski definition) is 5. The maximum absolute atomic E-state index is 11.8. The van der Waals surface area contributed by atoms with Gasteiger partial charge < -0.3 is 21.0 Å². The predicted molar refractivity (Wildman–Crippen MR) is 65.8 cm³/mol. The van der Waals surface area contributed by atoms with Crippen molar-refractivity contribution < 1.29 is 14.7 Å². The highest BCUT2D eigenvalue weighted by Crippen LogP contribution is 2.24. The second-order valence-electron chi connectivity index (χ2n) is 3.49. The quantitative estimate of drug-likeness (QED) is 0.317. The van der Waals surface area contributed by atoms with Crippen LogP contribution in [0, 0.1) is 0 Å². The number of methoxy groups -OCH3 is 1. The van der Waals surface area contributed by atoms with Crippen LogP contribution in [-0.4, -0.2) is 30.1 Å². The number of thiophene rings is 1. The van der Waals surface area contributed by atoms with E-state index in [0.717, 1.165) is 0 Å². The van der Waals surface area contributed by atoms with Gasteiger partial charge in [0, 0.05) is 12.5 Å². The minimum Gasteiger partial charge on any atom is -0.495 e. The molecule has 6 nitrogen and oxygen atoms in total. The van der Waals surface area contributed by atoms with Gasteiger partial charge in [0.25, 0.3) is 5.91 Å². The summed E-state index contributed by atoms with van der Waals surface area (Å²) in [4.78, 5) is 12.4. The standard InChI is InChI=1S/C10H15N3O3S/c1-6(5-8(11)13-15)12-10(14)9-7(16-2)3-4-17-9/h3-4,6,15H,5H2,1-2H3,(H2,11,13)(H,12,14). The Kier molecular flexibility index (Phi) is 4.77. The zero-order valence-electron chi connectivity index (χ0n) is 9.64. The first kappa shape index (κ1) is 13.3. The van der Waals surface area contributed by atoms with E-state index in [1.165, 1.54) is 18.4 Å². The highest BCUT2D eigenvalue weighted by molar-refractivity contribution is 7.12. The van der Waals surface area contributed by atoms with E-state index in [-0.39, 0.29) is 24.2 Å². The SMILES string of the molecule is COc1ccsc1C(=O)NC(C)C/C(N)=N/O. The smallest absolute Gasteiger partial charge is 0.265 e. The van der Waals surface area contributed by atoms with Gasteiger partial charge in [-0.05, 0) is 18.4 Å². The second kappa shape index (κ2) is 6.09. The molecule has 0 aliphatic heterocycles. The van der Waals surface area contributed by atoms with Gasteiger partial charge in [0.15, 0.2) is 0 Å². The van der Waals surface area contributed by atoms with Gasteiger partial charge in [0.1, 0.15) is 16.5 Å². The van der Waals surface area contributed by atoms with Crippen LogP contribution in [0.2, 0.25) is 0 Å². The molecule has 4 N–H and O–H groups in total. The Morgan fingerprint density at radius 3 is 3.06 bits per heavy atom. The summed E-state index contributed by atoms with van der Waals surface area (Å²) in [5.41, 5.74) is 5.35. The number of carbonyl (C=O) groups excluding carboxylic acids is 1. The van der Waals surface area contributed by atoms with Gasteiger partial charge in [0.2, 0.25) is 0 Å². The lowest BCUT2D eigenvalue weighted by Crippen LogP contribution is -2.35. The van der Waals surface area contributed by atoms with Crippen molar-refractivity contribution in [3.05, 3.63) is 16.3 Å². The van der Waals surface area contributed by atoms with Gasteiger partial charge in [-0.15, -0.1) is 11.3 Å². The van der Waals surface area contributed by atoms with Crippen LogP contribution in [0.5, 0.6) is 5.75 Å². The number of carbonyl (C=O) groups is 1. The number of oxime groups is 1. The number of hydrogen-bond donors (Lipinski definition) is 3. The lowest BCUT2D eigenvalue weighted by Gasteiger charge is -2.12. The minimum atomic E-state index is -0.227. The molecule has 0 saturated heterocycles. The van der Waals surface area contributed by atoms with Crippen LogP contribution in [0.25, 0.3) is 0 Å². The Hall–Kier alpha value is -1.76. The van der Waals surface area contributed by atoms with Crippen molar-refractivity contribution in [3.63, 3.8) is 0 Å². The molecular weight excluding hydrogens is 242 g/mol. The van der Waals surface area contributed by atoms with E-state index in [1.54, 1.807) is 18.4 Å². The molecule has 1 unspecified atom stereocenters. The maximum Gasteiger partial charge on any atom is 0.265 e. The lowest BCUT2D eigenvalue weighted by molar-refractivity contribution is 0.0942. The molecule has 1 rings (SSSR count). The second-order valence-corrected chi connectivity index (χ2v) is 4.40. The number of amides is 1. The van der Waals surface area contributed by atoms with E-state index in [4.69, 9.17) is 15.7 Å². The molecule has 0 spiro atoms. The summed E-state index contributed by atoms with van der Waals surface area (Å²) in [5.74, 6) is 0.398. The molecule has 0 aliphatic rings. The number of rotatable bonds is 5. The molecule has 0 fully saturated rings. The fourth-order valence-corrected chi connectivity index (χ4v) is 2.08. The van der Waals surface area contributed by atoms with Gasteiger partial charge in [-0.3, -0.25) is 4.79 Å². The van der Waals surface area contributed by atoms with Crippen LogP contribution < -0.4 is 15.8 Å². The summed E-state index contributed by atoms with van der Waals surface area (Å²) in [6, 6.07) is 1.51. The third kappa shape index (κ3) is 3.63. The monoisotopic (exact) mass is 257 g/mol. The molecule has 0 radical (unpaired) electrons. The summed E-state index contributed by atoms with van der Waals surface area (Å²) in [7, 11) is 1.51. The van der Waals surface area contributed by atoms with Crippen LogP contribution in [0.1, 0.15) is 23.0 Å². The Morgan fingerprint density at radius 2 is 2.47 bits per heavy atom. The maximum atomic E-state index is 11.8. The molecule has 1 aromatic rings. The van der Waals surface area contributed by atoms with Gasteiger partial charge in [-0.1, -0.05) is 5.16 Å². The first-order chi connectivity index (χ1) is 8.08. The molecule has 0 saturated carbocycles. The average molecular weight is 257 g/mol. The number of nitrogens with one attached hydrogen (secondary N) is 1. The third-order valence-corrected chi connectivity index (χ3v) is 2.97. The van der Waals surface area contributed by atoms with Crippen molar-refractivity contribution in [1.29, 1.82) is 0 Å². The summed E-state index contributed by atoms with van der Waals surface area (Å²) >= 11 is 1.30. The molecule has 0 bridgehead atoms. The Morgan fingerprint density at radius 1 is 1.76 bits per heavy atom. The molecule has 1 atom stereocenters. The number of ether oxygens (including phenoxy) is 1. The zero-order chi connectivity index (χ0) is 12.8. The van der Waals surface area contributed by atoms with E-state index in [9.17, 15) is 4.79 Å². The van der Waals surface area contributed by atoms with Crippen LogP contribution in [0.4, 0.5) is 0 Å². The highest BCUT2D eigenvalue weighted by Gasteiger charge is 2.16. The zero-order valence-corrected chi connectivity index (χ0v) is 10.5. The summed E-state index contributed by atoms with van der Waals surface area (Å²) in [6.07, 6.45) is 0.288. The molecule has 0 aliphatic carbocycles. The molecule has 17 heavy (non-hydrogen) atoms. The fraction of sp³-hybridized carbons (Fsp3) is 0.400. The molecule has 94 valence electrons. The minimum absolute atomic E-state index is 0.0796. The van der Waals surface area contributed by atoms with Crippen LogP contribution in [0.3, 0.4) is 0 Å². The van der Waals surface area contributed by atoms with E-state index in [1.807, 2.05) is 0 Å². The molecule has 1 aromatic heterocycles. The van der Waals surface area contributed by atoms with Gasteiger partial charge in [0.05, 0.1) is 7.11 Å². The van der Waals surface area contributed by atoms with Crippen molar-refractivity contribution in [3.8, 4) is 5.75 Å². The normalized spacial score (nSPS) is 13.2. The summed E-state index contributed by atoms with van der Waals surface area (Å²) in [5, 5.41) is 15.8. The Bertz CT molecular complexity index is 417. The first-order valence-corrected chi connectivity index (χ1v) is 5.85. The molecule has 1 amide bonds. The molecule has 7 heteroatoms. The van der Waals surface area contributed by atoms with Crippen molar-refractivity contribution in [2.24, 2.45) is 10.9 Å². The van der Waals surface area contributed by atoms with Crippen LogP contribution >= 0.6 is 11.3 Å². The largest absolute Gasteiger partial charge is 0.495 e. The predicted octanol–water partition coefficient (Wildman–Crippen LogP) is 1.01. The van der Waals surface area contributed by atoms with Crippen molar-refractivity contribution in [2.45, 2.75) is 19.4 Å². The Balaban J connectivity index is 2.60. The molecule has 0 aromatic carbocycles. The third-order valence-electron chi connectivity index (χ3n) is 2.08. The lowest BCUT2D eigenvalue weighted by atomic mass is 10.2. The average Bonchev–Trinajstić information content (AvgIpc) is 2.76. The van der Waals surface area contributed by atoms with Gasteiger partial charge in [-0.2, -0.15) is 0 Å².